The van der Waals surface area contributed by atoms with Gasteiger partial charge in [-0.2, -0.15) is 0 Å². The van der Waals surface area contributed by atoms with E-state index in [1.807, 2.05) is 0 Å². The lowest BCUT2D eigenvalue weighted by molar-refractivity contribution is 0.640. The fourth-order valence-corrected chi connectivity index (χ4v) is 1.69. The number of hydrogen-bond donors (Lipinski definition) is 1. The maximum Gasteiger partial charge on any atom is 0.0232 e. The van der Waals surface area contributed by atoms with E-state index in [-0.39, 0.29) is 0 Å². The first kappa shape index (κ1) is 11.8. The summed E-state index contributed by atoms with van der Waals surface area (Å²) in [5, 5.41) is 6.81. The van der Waals surface area contributed by atoms with Crippen LogP contribution in [-0.2, 0) is 10.8 Å². The van der Waals surface area contributed by atoms with Crippen LogP contribution in [-0.4, -0.2) is 22.4 Å². The van der Waals surface area contributed by atoms with Crippen molar-refractivity contribution in [1.29, 1.82) is 5.41 Å². The second kappa shape index (κ2) is 8.91. The summed E-state index contributed by atoms with van der Waals surface area (Å²) in [6, 6.07) is 0. The Morgan fingerprint density at radius 1 is 1.17 bits per heavy atom. The highest BCUT2D eigenvalue weighted by atomic mass is 32.2. The molecule has 0 radical (unpaired) electrons. The number of hydrogen-bond acceptors (Lipinski definition) is 2. The third-order valence-electron chi connectivity index (χ3n) is 1.78. The molecule has 1 N–H and O–H groups in total. The van der Waals surface area contributed by atoms with E-state index in [1.165, 1.54) is 25.5 Å². The van der Waals surface area contributed by atoms with Crippen LogP contribution in [0.15, 0.2) is 0 Å². The fourth-order valence-electron chi connectivity index (χ4n) is 1.08. The van der Waals surface area contributed by atoms with E-state index in [0.717, 1.165) is 25.0 Å². The lowest BCUT2D eigenvalue weighted by atomic mass is 10.1. The third kappa shape index (κ3) is 9.82. The molecule has 0 heterocycles. The monoisotopic (exact) mass is 189 g/mol. The molecule has 0 unspecified atom stereocenters. The van der Waals surface area contributed by atoms with Crippen molar-refractivity contribution >= 4 is 17.0 Å². The molecular formula is C9H19NOS. The minimum atomic E-state index is -0.611. The maximum absolute atomic E-state index is 10.7. The SMILES string of the molecule is C[S@](=O)CCCCCCCC=N. The predicted molar refractivity (Wildman–Crippen MR) is 55.4 cm³/mol. The van der Waals surface area contributed by atoms with Crippen LogP contribution in [0.4, 0.5) is 0 Å². The fraction of sp³-hybridized carbons (Fsp3) is 0.889. The summed E-state index contributed by atoms with van der Waals surface area (Å²) in [5.41, 5.74) is 0. The molecule has 0 aromatic heterocycles. The zero-order valence-corrected chi connectivity index (χ0v) is 8.66. The summed E-state index contributed by atoms with van der Waals surface area (Å²) >= 11 is 0. The van der Waals surface area contributed by atoms with Crippen molar-refractivity contribution in [2.24, 2.45) is 0 Å². The Bertz CT molecular complexity index is 136. The molecule has 0 saturated carbocycles. The van der Waals surface area contributed by atoms with Gasteiger partial charge in [-0.15, -0.1) is 0 Å². The Balaban J connectivity index is 2.90. The average molecular weight is 189 g/mol. The molecule has 0 aliphatic rings. The molecule has 0 aliphatic carbocycles. The first-order chi connectivity index (χ1) is 5.77. The zero-order chi connectivity index (χ0) is 9.23. The highest BCUT2D eigenvalue weighted by Gasteiger charge is 1.92. The van der Waals surface area contributed by atoms with Crippen LogP contribution < -0.4 is 0 Å². The second-order valence-electron chi connectivity index (χ2n) is 3.04. The van der Waals surface area contributed by atoms with Crippen LogP contribution in [0.2, 0.25) is 0 Å². The van der Waals surface area contributed by atoms with Crippen molar-refractivity contribution in [1.82, 2.24) is 0 Å². The van der Waals surface area contributed by atoms with E-state index in [0.29, 0.717) is 0 Å². The van der Waals surface area contributed by atoms with Gasteiger partial charge in [0.05, 0.1) is 0 Å². The van der Waals surface area contributed by atoms with Crippen molar-refractivity contribution in [3.63, 3.8) is 0 Å². The minimum absolute atomic E-state index is 0.611. The molecule has 0 saturated heterocycles. The van der Waals surface area contributed by atoms with E-state index >= 15 is 0 Å². The average Bonchev–Trinajstić information content (AvgIpc) is 2.02. The van der Waals surface area contributed by atoms with Crippen molar-refractivity contribution in [2.75, 3.05) is 12.0 Å². The van der Waals surface area contributed by atoms with Gasteiger partial charge in [0.2, 0.25) is 0 Å². The molecule has 0 aliphatic heterocycles. The molecule has 1 atom stereocenters. The predicted octanol–water partition coefficient (Wildman–Crippen LogP) is 2.36. The highest BCUT2D eigenvalue weighted by molar-refractivity contribution is 7.84. The van der Waals surface area contributed by atoms with E-state index in [2.05, 4.69) is 0 Å². The molecule has 72 valence electrons. The van der Waals surface area contributed by atoms with E-state index in [4.69, 9.17) is 5.41 Å². The number of nitrogens with one attached hydrogen (secondary N) is 1. The molecule has 0 spiro atoms. The third-order valence-corrected chi connectivity index (χ3v) is 2.64. The Kier molecular flexibility index (Phi) is 8.78. The number of unbranched alkanes of at least 4 members (excludes halogenated alkanes) is 5. The van der Waals surface area contributed by atoms with Crippen molar-refractivity contribution in [2.45, 2.75) is 38.5 Å². The Labute approximate surface area is 77.7 Å². The smallest absolute Gasteiger partial charge is 0.0232 e. The van der Waals surface area contributed by atoms with Crippen molar-refractivity contribution in [3.05, 3.63) is 0 Å². The van der Waals surface area contributed by atoms with Gasteiger partial charge in [0.25, 0.3) is 0 Å². The summed E-state index contributed by atoms with van der Waals surface area (Å²) in [6.45, 7) is 0. The van der Waals surface area contributed by atoms with Gasteiger partial charge in [0.1, 0.15) is 0 Å². The van der Waals surface area contributed by atoms with Crippen LogP contribution >= 0.6 is 0 Å². The summed E-state index contributed by atoms with van der Waals surface area (Å²) in [5.74, 6) is 0.852. The molecule has 0 aromatic rings. The summed E-state index contributed by atoms with van der Waals surface area (Å²) in [4.78, 5) is 0. The second-order valence-corrected chi connectivity index (χ2v) is 4.59. The molecule has 2 nitrogen and oxygen atoms in total. The lowest BCUT2D eigenvalue weighted by Gasteiger charge is -1.98. The molecular weight excluding hydrogens is 170 g/mol. The normalized spacial score (nSPS) is 12.8. The minimum Gasteiger partial charge on any atom is -0.313 e. The standard InChI is InChI=1S/C9H19NOS/c1-12(11)9-7-5-3-2-4-6-8-10/h8,10H,2-7,9H2,1H3/t12-/m0/s1. The quantitative estimate of drug-likeness (QED) is 0.462. The lowest BCUT2D eigenvalue weighted by Crippen LogP contribution is -1.93. The van der Waals surface area contributed by atoms with Crippen LogP contribution in [0.5, 0.6) is 0 Å². The van der Waals surface area contributed by atoms with E-state index in [9.17, 15) is 4.21 Å². The van der Waals surface area contributed by atoms with Crippen molar-refractivity contribution in [3.8, 4) is 0 Å². The summed E-state index contributed by atoms with van der Waals surface area (Å²) in [6.07, 6.45) is 10.0. The first-order valence-electron chi connectivity index (χ1n) is 4.56. The zero-order valence-electron chi connectivity index (χ0n) is 7.84. The first-order valence-corrected chi connectivity index (χ1v) is 6.29. The number of rotatable bonds is 8. The summed E-state index contributed by atoms with van der Waals surface area (Å²) in [7, 11) is -0.611. The van der Waals surface area contributed by atoms with Gasteiger partial charge in [0.15, 0.2) is 0 Å². The van der Waals surface area contributed by atoms with Crippen LogP contribution in [0.3, 0.4) is 0 Å². The van der Waals surface area contributed by atoms with Gasteiger partial charge < -0.3 is 5.41 Å². The van der Waals surface area contributed by atoms with Gasteiger partial charge in [-0.25, -0.2) is 0 Å². The highest BCUT2D eigenvalue weighted by Crippen LogP contribution is 2.04. The van der Waals surface area contributed by atoms with Gasteiger partial charge >= 0.3 is 0 Å². The Hall–Kier alpha value is -0.180. The van der Waals surface area contributed by atoms with Crippen LogP contribution in [0.25, 0.3) is 0 Å². The van der Waals surface area contributed by atoms with Crippen LogP contribution in [0, 0.1) is 5.41 Å². The van der Waals surface area contributed by atoms with E-state index < -0.39 is 10.8 Å². The van der Waals surface area contributed by atoms with Gasteiger partial charge in [-0.1, -0.05) is 19.3 Å². The molecule has 0 fully saturated rings. The van der Waals surface area contributed by atoms with Crippen molar-refractivity contribution < 1.29 is 4.21 Å². The Morgan fingerprint density at radius 3 is 2.33 bits per heavy atom. The molecule has 0 rings (SSSR count). The largest absolute Gasteiger partial charge is 0.313 e. The van der Waals surface area contributed by atoms with Gasteiger partial charge in [0, 0.05) is 22.8 Å². The van der Waals surface area contributed by atoms with E-state index in [1.54, 1.807) is 6.26 Å². The maximum atomic E-state index is 10.7. The van der Waals surface area contributed by atoms with Crippen LogP contribution in [0.1, 0.15) is 38.5 Å². The molecule has 0 bridgehead atoms. The topological polar surface area (TPSA) is 40.9 Å². The van der Waals surface area contributed by atoms with Gasteiger partial charge in [-0.3, -0.25) is 4.21 Å². The van der Waals surface area contributed by atoms with Gasteiger partial charge in [-0.05, 0) is 25.5 Å². The Morgan fingerprint density at radius 2 is 1.75 bits per heavy atom. The molecule has 0 aromatic carbocycles. The molecule has 12 heavy (non-hydrogen) atoms. The molecule has 3 heteroatoms. The summed E-state index contributed by atoms with van der Waals surface area (Å²) < 4.78 is 10.7. The molecule has 0 amide bonds.